The maximum absolute atomic E-state index is 8.92. The molecular formula is C13H17BrClNO2. The van der Waals surface area contributed by atoms with E-state index in [-0.39, 0.29) is 6.61 Å². The van der Waals surface area contributed by atoms with Crippen molar-refractivity contribution in [2.75, 3.05) is 32.8 Å². The number of rotatable bonds is 8. The van der Waals surface area contributed by atoms with Gasteiger partial charge in [-0.1, -0.05) is 17.7 Å². The molecule has 0 aliphatic heterocycles. The largest absolute Gasteiger partial charge is 0.491 e. The van der Waals surface area contributed by atoms with E-state index in [1.807, 2.05) is 12.1 Å². The molecule has 1 aromatic carbocycles. The number of hydrogen-bond acceptors (Lipinski definition) is 3. The molecule has 1 rings (SSSR count). The van der Waals surface area contributed by atoms with Gasteiger partial charge in [0.15, 0.2) is 0 Å². The summed E-state index contributed by atoms with van der Waals surface area (Å²) >= 11 is 9.25. The highest BCUT2D eigenvalue weighted by molar-refractivity contribution is 9.10. The van der Waals surface area contributed by atoms with Gasteiger partial charge in [0.2, 0.25) is 0 Å². The molecular weight excluding hydrogens is 318 g/mol. The average molecular weight is 335 g/mol. The zero-order valence-corrected chi connectivity index (χ0v) is 12.5. The minimum absolute atomic E-state index is 0.137. The molecule has 18 heavy (non-hydrogen) atoms. The molecule has 0 saturated carbocycles. The Morgan fingerprint density at radius 2 is 2.22 bits per heavy atom. The molecule has 0 heterocycles. The highest BCUT2D eigenvalue weighted by Gasteiger charge is 2.05. The van der Waals surface area contributed by atoms with E-state index >= 15 is 0 Å². The first-order valence-electron chi connectivity index (χ1n) is 5.69. The van der Waals surface area contributed by atoms with Crippen LogP contribution in [0, 0.1) is 0 Å². The number of benzene rings is 1. The maximum Gasteiger partial charge on any atom is 0.133 e. The van der Waals surface area contributed by atoms with Gasteiger partial charge in [0.1, 0.15) is 12.4 Å². The molecule has 0 saturated heterocycles. The van der Waals surface area contributed by atoms with Crippen LogP contribution in [0.2, 0.25) is 5.02 Å². The topological polar surface area (TPSA) is 32.7 Å². The Bertz CT molecular complexity index is 387. The van der Waals surface area contributed by atoms with Gasteiger partial charge >= 0.3 is 0 Å². The molecule has 0 aliphatic carbocycles. The van der Waals surface area contributed by atoms with E-state index in [1.165, 1.54) is 0 Å². The van der Waals surface area contributed by atoms with Crippen LogP contribution < -0.4 is 4.74 Å². The summed E-state index contributed by atoms with van der Waals surface area (Å²) in [4.78, 5) is 2.07. The summed E-state index contributed by atoms with van der Waals surface area (Å²) in [5, 5.41) is 9.58. The molecule has 0 radical (unpaired) electrons. The van der Waals surface area contributed by atoms with Crippen LogP contribution in [0.1, 0.15) is 0 Å². The van der Waals surface area contributed by atoms with Crippen molar-refractivity contribution in [2.24, 2.45) is 0 Å². The van der Waals surface area contributed by atoms with Crippen molar-refractivity contribution in [2.45, 2.75) is 0 Å². The standard InChI is InChI=1S/C13H17BrClNO2/c1-2-5-16(6-8-17)7-9-18-13-4-3-11(15)10-12(13)14/h2-4,10,17H,1,5-9H2. The number of halogens is 2. The predicted octanol–water partition coefficient (Wildman–Crippen LogP) is 2.96. The first-order chi connectivity index (χ1) is 8.67. The van der Waals surface area contributed by atoms with Crippen LogP contribution in [0.15, 0.2) is 35.3 Å². The molecule has 0 bridgehead atoms. The van der Waals surface area contributed by atoms with E-state index < -0.39 is 0 Å². The van der Waals surface area contributed by atoms with Gasteiger partial charge in [-0.05, 0) is 34.1 Å². The quantitative estimate of drug-likeness (QED) is 0.742. The zero-order valence-electron chi connectivity index (χ0n) is 10.1. The summed E-state index contributed by atoms with van der Waals surface area (Å²) in [7, 11) is 0. The number of hydrogen-bond donors (Lipinski definition) is 1. The molecule has 0 fully saturated rings. The van der Waals surface area contributed by atoms with Gasteiger partial charge in [-0.25, -0.2) is 0 Å². The van der Waals surface area contributed by atoms with Gasteiger partial charge in [0.05, 0.1) is 11.1 Å². The zero-order chi connectivity index (χ0) is 13.4. The van der Waals surface area contributed by atoms with Gasteiger partial charge < -0.3 is 9.84 Å². The van der Waals surface area contributed by atoms with E-state index in [0.717, 1.165) is 23.3 Å². The Balaban J connectivity index is 2.41. The first-order valence-corrected chi connectivity index (χ1v) is 6.86. The van der Waals surface area contributed by atoms with E-state index in [2.05, 4.69) is 27.4 Å². The normalized spacial score (nSPS) is 10.7. The van der Waals surface area contributed by atoms with Crippen molar-refractivity contribution < 1.29 is 9.84 Å². The highest BCUT2D eigenvalue weighted by Crippen LogP contribution is 2.27. The van der Waals surface area contributed by atoms with Crippen LogP contribution in [0.4, 0.5) is 0 Å². The third-order valence-corrected chi connectivity index (χ3v) is 3.22. The van der Waals surface area contributed by atoms with Gasteiger partial charge in [-0.15, -0.1) is 6.58 Å². The Labute approximate surface area is 121 Å². The Kier molecular flexibility index (Phi) is 7.35. The molecule has 1 N–H and O–H groups in total. The van der Waals surface area contributed by atoms with Crippen LogP contribution in [-0.2, 0) is 0 Å². The van der Waals surface area contributed by atoms with Gasteiger partial charge in [-0.3, -0.25) is 4.90 Å². The van der Waals surface area contributed by atoms with E-state index in [0.29, 0.717) is 18.2 Å². The summed E-state index contributed by atoms with van der Waals surface area (Å²) in [5.41, 5.74) is 0. The molecule has 0 aromatic heterocycles. The Morgan fingerprint density at radius 3 is 2.83 bits per heavy atom. The Hall–Kier alpha value is -0.550. The van der Waals surface area contributed by atoms with Crippen LogP contribution in [0.25, 0.3) is 0 Å². The summed E-state index contributed by atoms with van der Waals surface area (Å²) in [6, 6.07) is 5.42. The summed E-state index contributed by atoms with van der Waals surface area (Å²) in [5.74, 6) is 0.766. The summed E-state index contributed by atoms with van der Waals surface area (Å²) in [6.07, 6.45) is 1.81. The lowest BCUT2D eigenvalue weighted by Crippen LogP contribution is -2.31. The van der Waals surface area contributed by atoms with Crippen molar-refractivity contribution in [3.8, 4) is 5.75 Å². The van der Waals surface area contributed by atoms with Crippen molar-refractivity contribution >= 4 is 27.5 Å². The third-order valence-electron chi connectivity index (χ3n) is 2.36. The first kappa shape index (κ1) is 15.5. The van der Waals surface area contributed by atoms with Crippen molar-refractivity contribution in [3.05, 3.63) is 40.3 Å². The fraction of sp³-hybridized carbons (Fsp3) is 0.385. The van der Waals surface area contributed by atoms with Gasteiger partial charge in [0, 0.05) is 24.7 Å². The monoisotopic (exact) mass is 333 g/mol. The van der Waals surface area contributed by atoms with Crippen molar-refractivity contribution in [1.82, 2.24) is 4.90 Å². The minimum Gasteiger partial charge on any atom is -0.491 e. The predicted molar refractivity (Wildman–Crippen MR) is 78.4 cm³/mol. The maximum atomic E-state index is 8.92. The van der Waals surface area contributed by atoms with Gasteiger partial charge in [0.25, 0.3) is 0 Å². The lowest BCUT2D eigenvalue weighted by atomic mass is 10.3. The number of aliphatic hydroxyl groups is 1. The molecule has 5 heteroatoms. The lowest BCUT2D eigenvalue weighted by molar-refractivity contribution is 0.179. The molecule has 1 aromatic rings. The Morgan fingerprint density at radius 1 is 1.44 bits per heavy atom. The number of nitrogens with zero attached hydrogens (tertiary/aromatic N) is 1. The van der Waals surface area contributed by atoms with E-state index in [4.69, 9.17) is 21.4 Å². The highest BCUT2D eigenvalue weighted by atomic mass is 79.9. The average Bonchev–Trinajstić information content (AvgIpc) is 2.32. The molecule has 0 amide bonds. The number of aliphatic hydroxyl groups excluding tert-OH is 1. The van der Waals surface area contributed by atoms with Crippen LogP contribution in [0.3, 0.4) is 0 Å². The summed E-state index contributed by atoms with van der Waals surface area (Å²) < 4.78 is 6.49. The summed E-state index contributed by atoms with van der Waals surface area (Å²) in [6.45, 7) is 6.48. The van der Waals surface area contributed by atoms with E-state index in [9.17, 15) is 0 Å². The molecule has 0 atom stereocenters. The lowest BCUT2D eigenvalue weighted by Gasteiger charge is -2.19. The van der Waals surface area contributed by atoms with Gasteiger partial charge in [-0.2, -0.15) is 0 Å². The molecule has 100 valence electrons. The second kappa shape index (κ2) is 8.53. The molecule has 3 nitrogen and oxygen atoms in total. The second-order valence-electron chi connectivity index (χ2n) is 3.74. The second-order valence-corrected chi connectivity index (χ2v) is 5.03. The smallest absolute Gasteiger partial charge is 0.133 e. The fourth-order valence-corrected chi connectivity index (χ4v) is 2.29. The van der Waals surface area contributed by atoms with Crippen LogP contribution in [0.5, 0.6) is 5.75 Å². The fourth-order valence-electron chi connectivity index (χ4n) is 1.50. The molecule has 0 aliphatic rings. The number of ether oxygens (including phenoxy) is 1. The minimum atomic E-state index is 0.137. The molecule has 0 unspecified atom stereocenters. The molecule has 0 spiro atoms. The van der Waals surface area contributed by atoms with Crippen LogP contribution >= 0.6 is 27.5 Å². The van der Waals surface area contributed by atoms with Crippen LogP contribution in [-0.4, -0.2) is 42.9 Å². The van der Waals surface area contributed by atoms with E-state index in [1.54, 1.807) is 12.1 Å². The third kappa shape index (κ3) is 5.40. The SMILES string of the molecule is C=CCN(CCO)CCOc1ccc(Cl)cc1Br. The van der Waals surface area contributed by atoms with Crippen molar-refractivity contribution in [3.63, 3.8) is 0 Å². The van der Waals surface area contributed by atoms with Crippen molar-refractivity contribution in [1.29, 1.82) is 0 Å².